The average molecular weight is 385 g/mol. The van der Waals surface area contributed by atoms with Gasteiger partial charge in [-0.15, -0.1) is 11.3 Å². The summed E-state index contributed by atoms with van der Waals surface area (Å²) in [5, 5.41) is 5.10. The Hall–Kier alpha value is -2.44. The fourth-order valence-electron chi connectivity index (χ4n) is 3.22. The monoisotopic (exact) mass is 384 g/mol. The van der Waals surface area contributed by atoms with Crippen molar-refractivity contribution in [2.75, 3.05) is 26.7 Å². The second-order valence-corrected chi connectivity index (χ2v) is 7.45. The summed E-state index contributed by atoms with van der Waals surface area (Å²) in [5.74, 6) is -0.488. The molecule has 0 bridgehead atoms. The molecule has 1 aliphatic heterocycles. The van der Waals surface area contributed by atoms with Crippen molar-refractivity contribution in [1.29, 1.82) is 0 Å². The summed E-state index contributed by atoms with van der Waals surface area (Å²) in [6.07, 6.45) is 5.71. The van der Waals surface area contributed by atoms with Crippen molar-refractivity contribution in [3.8, 4) is 0 Å². The zero-order chi connectivity index (χ0) is 19.1. The molecule has 1 N–H and O–H groups in total. The Morgan fingerprint density at radius 2 is 1.96 bits per heavy atom. The largest absolute Gasteiger partial charge is 0.465 e. The van der Waals surface area contributed by atoms with E-state index in [1.807, 2.05) is 0 Å². The first-order chi connectivity index (χ1) is 13.2. The Morgan fingerprint density at radius 1 is 1.22 bits per heavy atom. The number of nitrogens with zero attached hydrogens (tertiary/aromatic N) is 1. The molecule has 1 aromatic heterocycles. The smallest absolute Gasteiger partial charge is 0.337 e. The topological polar surface area (TPSA) is 58.6 Å². The number of thiophene rings is 1. The van der Waals surface area contributed by atoms with Crippen LogP contribution in [0.2, 0.25) is 0 Å². The number of benzene rings is 1. The number of likely N-dealkylation sites (tertiary alicyclic amines) is 1. The van der Waals surface area contributed by atoms with E-state index in [0.29, 0.717) is 12.1 Å². The van der Waals surface area contributed by atoms with Crippen LogP contribution in [0.4, 0.5) is 0 Å². The number of methoxy groups -OCH3 is 1. The van der Waals surface area contributed by atoms with Gasteiger partial charge in [0, 0.05) is 17.5 Å². The number of amides is 1. The summed E-state index contributed by atoms with van der Waals surface area (Å²) < 4.78 is 4.68. The summed E-state index contributed by atoms with van der Waals surface area (Å²) >= 11 is 1.74. The number of esters is 1. The molecule has 1 aromatic carbocycles. The fraction of sp³-hybridized carbons (Fsp3) is 0.333. The number of hydrogen-bond acceptors (Lipinski definition) is 5. The molecule has 142 valence electrons. The van der Waals surface area contributed by atoms with E-state index < -0.39 is 0 Å². The molecule has 1 fully saturated rings. The Labute approximate surface area is 163 Å². The second kappa shape index (κ2) is 9.48. The van der Waals surface area contributed by atoms with Crippen molar-refractivity contribution < 1.29 is 14.3 Å². The highest BCUT2D eigenvalue weighted by molar-refractivity contribution is 7.10. The van der Waals surface area contributed by atoms with Crippen molar-refractivity contribution in [3.05, 3.63) is 63.9 Å². The van der Waals surface area contributed by atoms with Gasteiger partial charge in [-0.1, -0.05) is 18.2 Å². The molecule has 0 aliphatic carbocycles. The van der Waals surface area contributed by atoms with E-state index in [0.717, 1.165) is 18.7 Å². The number of rotatable bonds is 7. The van der Waals surface area contributed by atoms with Gasteiger partial charge in [-0.25, -0.2) is 4.79 Å². The summed E-state index contributed by atoms with van der Waals surface area (Å²) in [6.45, 7) is 2.77. The zero-order valence-electron chi connectivity index (χ0n) is 15.4. The van der Waals surface area contributed by atoms with Gasteiger partial charge in [-0.3, -0.25) is 9.69 Å². The summed E-state index contributed by atoms with van der Waals surface area (Å²) in [6, 6.07) is 11.4. The maximum atomic E-state index is 12.2. The van der Waals surface area contributed by atoms with Gasteiger partial charge in [0.15, 0.2) is 0 Å². The first-order valence-electron chi connectivity index (χ1n) is 9.09. The molecule has 1 saturated heterocycles. The van der Waals surface area contributed by atoms with Gasteiger partial charge in [0.25, 0.3) is 0 Å². The van der Waals surface area contributed by atoms with E-state index in [1.165, 1.54) is 30.9 Å². The highest BCUT2D eigenvalue weighted by Gasteiger charge is 2.24. The van der Waals surface area contributed by atoms with Crippen LogP contribution in [0.15, 0.2) is 47.9 Å². The average Bonchev–Trinajstić information content (AvgIpc) is 3.41. The molecule has 1 aliphatic rings. The first-order valence-corrected chi connectivity index (χ1v) is 9.97. The highest BCUT2D eigenvalue weighted by Crippen LogP contribution is 2.27. The summed E-state index contributed by atoms with van der Waals surface area (Å²) in [7, 11) is 1.35. The minimum atomic E-state index is -0.371. The van der Waals surface area contributed by atoms with Crippen LogP contribution in [0.25, 0.3) is 6.08 Å². The lowest BCUT2D eigenvalue weighted by Gasteiger charge is -2.26. The molecule has 1 atom stereocenters. The highest BCUT2D eigenvalue weighted by atomic mass is 32.1. The van der Waals surface area contributed by atoms with E-state index in [-0.39, 0.29) is 17.9 Å². The van der Waals surface area contributed by atoms with E-state index in [1.54, 1.807) is 41.7 Å². The van der Waals surface area contributed by atoms with Crippen molar-refractivity contribution in [1.82, 2.24) is 10.2 Å². The van der Waals surface area contributed by atoms with Crippen molar-refractivity contribution in [2.24, 2.45) is 0 Å². The molecule has 1 unspecified atom stereocenters. The number of hydrogen-bond donors (Lipinski definition) is 1. The molecule has 0 saturated carbocycles. The number of ether oxygens (including phenoxy) is 1. The maximum absolute atomic E-state index is 12.2. The Morgan fingerprint density at radius 3 is 2.59 bits per heavy atom. The van der Waals surface area contributed by atoms with Gasteiger partial charge in [-0.05, 0) is 61.1 Å². The van der Waals surface area contributed by atoms with Crippen molar-refractivity contribution in [2.45, 2.75) is 18.9 Å². The Bertz CT molecular complexity index is 778. The number of carbonyl (C=O) groups is 2. The molecular formula is C21H24N2O3S. The van der Waals surface area contributed by atoms with Crippen molar-refractivity contribution in [3.63, 3.8) is 0 Å². The SMILES string of the molecule is COC(=O)c1ccc(/C=C/C(=O)NCC(c2cccs2)N2CCCC2)cc1. The molecule has 27 heavy (non-hydrogen) atoms. The van der Waals surface area contributed by atoms with E-state index in [9.17, 15) is 9.59 Å². The summed E-state index contributed by atoms with van der Waals surface area (Å²) in [4.78, 5) is 27.4. The fourth-order valence-corrected chi connectivity index (χ4v) is 4.08. The van der Waals surface area contributed by atoms with Crippen LogP contribution in [0.3, 0.4) is 0 Å². The van der Waals surface area contributed by atoms with Crippen LogP contribution < -0.4 is 5.32 Å². The molecule has 2 aromatic rings. The van der Waals surface area contributed by atoms with Gasteiger partial charge in [0.2, 0.25) is 5.91 Å². The molecule has 6 heteroatoms. The second-order valence-electron chi connectivity index (χ2n) is 6.47. The van der Waals surface area contributed by atoms with Crippen LogP contribution in [0, 0.1) is 0 Å². The molecule has 3 rings (SSSR count). The number of nitrogens with one attached hydrogen (secondary N) is 1. The minimum Gasteiger partial charge on any atom is -0.465 e. The lowest BCUT2D eigenvalue weighted by molar-refractivity contribution is -0.116. The molecule has 0 spiro atoms. The van der Waals surface area contributed by atoms with Crippen LogP contribution >= 0.6 is 11.3 Å². The van der Waals surface area contributed by atoms with Crippen molar-refractivity contribution >= 4 is 29.3 Å². The summed E-state index contributed by atoms with van der Waals surface area (Å²) in [5.41, 5.74) is 1.34. The van der Waals surface area contributed by atoms with Gasteiger partial charge >= 0.3 is 5.97 Å². The zero-order valence-corrected chi connectivity index (χ0v) is 16.2. The minimum absolute atomic E-state index is 0.118. The van der Waals surface area contributed by atoms with Gasteiger partial charge < -0.3 is 10.1 Å². The molecular weight excluding hydrogens is 360 g/mol. The molecule has 5 nitrogen and oxygen atoms in total. The molecule has 1 amide bonds. The third-order valence-electron chi connectivity index (χ3n) is 4.68. The van der Waals surface area contributed by atoms with E-state index >= 15 is 0 Å². The Balaban J connectivity index is 1.56. The third-order valence-corrected chi connectivity index (χ3v) is 5.66. The van der Waals surface area contributed by atoms with Crippen LogP contribution in [-0.2, 0) is 9.53 Å². The quantitative estimate of drug-likeness (QED) is 0.586. The van der Waals surface area contributed by atoms with Gasteiger partial charge in [0.05, 0.1) is 18.7 Å². The Kier molecular flexibility index (Phi) is 6.79. The standard InChI is InChI=1S/C21H24N2O3S/c1-26-21(25)17-9-6-16(7-10-17)8-11-20(24)22-15-18(19-5-4-14-27-19)23-12-2-3-13-23/h4-11,14,18H,2-3,12-13,15H2,1H3,(H,22,24)/b11-8+. The van der Waals surface area contributed by atoms with Crippen LogP contribution in [0.1, 0.15) is 39.7 Å². The normalized spacial score (nSPS) is 15.7. The lowest BCUT2D eigenvalue weighted by Crippen LogP contribution is -2.35. The van der Waals surface area contributed by atoms with Gasteiger partial charge in [0.1, 0.15) is 0 Å². The van der Waals surface area contributed by atoms with Gasteiger partial charge in [-0.2, -0.15) is 0 Å². The van der Waals surface area contributed by atoms with Crippen LogP contribution in [-0.4, -0.2) is 43.5 Å². The number of carbonyl (C=O) groups excluding carboxylic acids is 2. The maximum Gasteiger partial charge on any atom is 0.337 e. The first kappa shape index (κ1) is 19.3. The predicted octanol–water partition coefficient (Wildman–Crippen LogP) is 3.50. The van der Waals surface area contributed by atoms with Crippen LogP contribution in [0.5, 0.6) is 0 Å². The lowest BCUT2D eigenvalue weighted by atomic mass is 10.1. The predicted molar refractivity (Wildman–Crippen MR) is 108 cm³/mol. The van der Waals surface area contributed by atoms with E-state index in [4.69, 9.17) is 0 Å². The van der Waals surface area contributed by atoms with E-state index in [2.05, 4.69) is 32.5 Å². The third kappa shape index (κ3) is 5.28. The molecule has 0 radical (unpaired) electrons. The molecule has 2 heterocycles.